The van der Waals surface area contributed by atoms with Crippen LogP contribution in [0.15, 0.2) is 36.4 Å². The maximum atomic E-state index is 12.4. The van der Waals surface area contributed by atoms with Crippen LogP contribution in [0.1, 0.15) is 5.56 Å². The molecular weight excluding hydrogens is 417 g/mol. The van der Waals surface area contributed by atoms with Crippen molar-refractivity contribution in [3.8, 4) is 0 Å². The van der Waals surface area contributed by atoms with Gasteiger partial charge in [0.2, 0.25) is 15.9 Å². The molecule has 1 amide bonds. The second-order valence-electron chi connectivity index (χ2n) is 5.62. The summed E-state index contributed by atoms with van der Waals surface area (Å²) in [5.74, 6) is -0.720. The summed E-state index contributed by atoms with van der Waals surface area (Å²) in [5.41, 5.74) is 0.489. The van der Waals surface area contributed by atoms with E-state index in [-0.39, 0.29) is 22.1 Å². The van der Waals surface area contributed by atoms with Gasteiger partial charge in [-0.05, 0) is 30.7 Å². The van der Waals surface area contributed by atoms with Crippen LogP contribution in [0.4, 0.5) is 17.1 Å². The van der Waals surface area contributed by atoms with Gasteiger partial charge in [-0.3, -0.25) is 19.2 Å². The quantitative estimate of drug-likeness (QED) is 0.554. The predicted molar refractivity (Wildman–Crippen MR) is 105 cm³/mol. The highest BCUT2D eigenvalue weighted by Crippen LogP contribution is 2.29. The molecule has 2 aromatic rings. The third-order valence-corrected chi connectivity index (χ3v) is 5.50. The Hall–Kier alpha value is -2.36. The van der Waals surface area contributed by atoms with Crippen molar-refractivity contribution < 1.29 is 18.1 Å². The first-order valence-electron chi connectivity index (χ1n) is 7.47. The van der Waals surface area contributed by atoms with E-state index in [0.717, 1.165) is 16.6 Å². The molecule has 144 valence electrons. The first-order valence-corrected chi connectivity index (χ1v) is 10.1. The lowest BCUT2D eigenvalue weighted by molar-refractivity contribution is -0.384. The van der Waals surface area contributed by atoms with Crippen LogP contribution in [0.25, 0.3) is 0 Å². The summed E-state index contributed by atoms with van der Waals surface area (Å²) < 4.78 is 25.3. The number of carbonyl (C=O) groups excluding carboxylic acids is 1. The summed E-state index contributed by atoms with van der Waals surface area (Å²) in [6, 6.07) is 8.24. The smallest absolute Gasteiger partial charge is 0.271 e. The Labute approximate surface area is 165 Å². The molecule has 0 aliphatic rings. The molecule has 0 unspecified atom stereocenters. The Morgan fingerprint density at radius 3 is 2.48 bits per heavy atom. The standard InChI is InChI=1S/C16H15Cl2N3O5S/c1-10-12(17)4-3-5-15(10)20(27(2,25)26)9-16(22)19-14-8-11(21(23)24)6-7-13(14)18/h3-8H,9H2,1-2H3,(H,19,22). The van der Waals surface area contributed by atoms with Crippen molar-refractivity contribution in [1.82, 2.24) is 0 Å². The van der Waals surface area contributed by atoms with Crippen LogP contribution in [0.2, 0.25) is 10.0 Å². The van der Waals surface area contributed by atoms with Gasteiger partial charge in [-0.2, -0.15) is 0 Å². The molecule has 0 bridgehead atoms. The van der Waals surface area contributed by atoms with Crippen molar-refractivity contribution in [3.05, 3.63) is 62.1 Å². The number of carbonyl (C=O) groups is 1. The van der Waals surface area contributed by atoms with E-state index in [9.17, 15) is 23.3 Å². The first-order chi connectivity index (χ1) is 12.5. The van der Waals surface area contributed by atoms with Crippen LogP contribution in [0.5, 0.6) is 0 Å². The number of nitro benzene ring substituents is 1. The average molecular weight is 432 g/mol. The Morgan fingerprint density at radius 1 is 1.22 bits per heavy atom. The minimum atomic E-state index is -3.80. The van der Waals surface area contributed by atoms with E-state index in [0.29, 0.717) is 10.6 Å². The van der Waals surface area contributed by atoms with Crippen molar-refractivity contribution in [2.75, 3.05) is 22.4 Å². The summed E-state index contributed by atoms with van der Waals surface area (Å²) >= 11 is 12.0. The SMILES string of the molecule is Cc1c(Cl)cccc1N(CC(=O)Nc1cc([N+](=O)[O-])ccc1Cl)S(C)(=O)=O. The zero-order chi connectivity index (χ0) is 20.4. The predicted octanol–water partition coefficient (Wildman–Crippen LogP) is 3.61. The third-order valence-electron chi connectivity index (χ3n) is 3.63. The molecule has 1 N–H and O–H groups in total. The Kier molecular flexibility index (Phi) is 6.30. The van der Waals surface area contributed by atoms with Gasteiger partial charge in [0.1, 0.15) is 6.54 Å². The van der Waals surface area contributed by atoms with Crippen LogP contribution in [-0.2, 0) is 14.8 Å². The summed E-state index contributed by atoms with van der Waals surface area (Å²) in [6.45, 7) is 1.07. The van der Waals surface area contributed by atoms with Crippen LogP contribution in [0.3, 0.4) is 0 Å². The maximum absolute atomic E-state index is 12.4. The number of hydrogen-bond acceptors (Lipinski definition) is 5. The fourth-order valence-electron chi connectivity index (χ4n) is 2.29. The number of benzene rings is 2. The van der Waals surface area contributed by atoms with Crippen molar-refractivity contribution in [2.45, 2.75) is 6.92 Å². The lowest BCUT2D eigenvalue weighted by atomic mass is 10.2. The zero-order valence-electron chi connectivity index (χ0n) is 14.3. The van der Waals surface area contributed by atoms with Gasteiger partial charge in [-0.15, -0.1) is 0 Å². The topological polar surface area (TPSA) is 110 Å². The maximum Gasteiger partial charge on any atom is 0.271 e. The normalized spacial score (nSPS) is 11.1. The molecule has 0 atom stereocenters. The molecule has 0 aliphatic heterocycles. The number of hydrogen-bond donors (Lipinski definition) is 1. The minimum absolute atomic E-state index is 0.00661. The van der Waals surface area contributed by atoms with Crippen molar-refractivity contribution in [1.29, 1.82) is 0 Å². The van der Waals surface area contributed by atoms with Gasteiger partial charge in [-0.1, -0.05) is 29.3 Å². The molecule has 0 spiro atoms. The fourth-order valence-corrected chi connectivity index (χ4v) is 3.53. The highest BCUT2D eigenvalue weighted by atomic mass is 35.5. The first kappa shape index (κ1) is 20.9. The summed E-state index contributed by atoms with van der Waals surface area (Å²) in [5, 5.41) is 13.7. The van der Waals surface area contributed by atoms with E-state index in [2.05, 4.69) is 5.32 Å². The number of nitrogens with one attached hydrogen (secondary N) is 1. The molecule has 8 nitrogen and oxygen atoms in total. The molecule has 2 aromatic carbocycles. The van der Waals surface area contributed by atoms with Crippen LogP contribution >= 0.6 is 23.2 Å². The van der Waals surface area contributed by atoms with Gasteiger partial charge in [-0.25, -0.2) is 8.42 Å². The summed E-state index contributed by atoms with van der Waals surface area (Å²) in [7, 11) is -3.80. The van der Waals surface area contributed by atoms with Crippen LogP contribution < -0.4 is 9.62 Å². The molecule has 0 aromatic heterocycles. The second-order valence-corrected chi connectivity index (χ2v) is 8.34. The molecule has 27 heavy (non-hydrogen) atoms. The molecule has 2 rings (SSSR count). The number of halogens is 2. The second kappa shape index (κ2) is 8.12. The zero-order valence-corrected chi connectivity index (χ0v) is 16.6. The Morgan fingerprint density at radius 2 is 1.89 bits per heavy atom. The number of nitro groups is 1. The van der Waals surface area contributed by atoms with Crippen molar-refractivity contribution >= 4 is 56.2 Å². The van der Waals surface area contributed by atoms with E-state index >= 15 is 0 Å². The third kappa shape index (κ3) is 5.09. The lowest BCUT2D eigenvalue weighted by Crippen LogP contribution is -2.38. The number of amides is 1. The monoisotopic (exact) mass is 431 g/mol. The highest BCUT2D eigenvalue weighted by Gasteiger charge is 2.24. The van der Waals surface area contributed by atoms with E-state index in [1.54, 1.807) is 19.1 Å². The van der Waals surface area contributed by atoms with E-state index in [1.165, 1.54) is 18.2 Å². The van der Waals surface area contributed by atoms with Crippen molar-refractivity contribution in [3.63, 3.8) is 0 Å². The van der Waals surface area contributed by atoms with E-state index in [1.807, 2.05) is 0 Å². The van der Waals surface area contributed by atoms with Gasteiger partial charge >= 0.3 is 0 Å². The molecule has 0 aliphatic carbocycles. The number of anilines is 2. The number of non-ortho nitro benzene ring substituents is 1. The largest absolute Gasteiger partial charge is 0.323 e. The lowest BCUT2D eigenvalue weighted by Gasteiger charge is -2.24. The molecular formula is C16H15Cl2N3O5S. The Bertz CT molecular complexity index is 1010. The number of nitrogens with zero attached hydrogens (tertiary/aromatic N) is 2. The highest BCUT2D eigenvalue weighted by molar-refractivity contribution is 7.92. The van der Waals surface area contributed by atoms with Gasteiger partial charge in [0, 0.05) is 17.2 Å². The molecule has 0 heterocycles. The Balaban J connectivity index is 2.32. The van der Waals surface area contributed by atoms with Crippen LogP contribution in [-0.4, -0.2) is 32.0 Å². The fraction of sp³-hybridized carbons (Fsp3) is 0.188. The van der Waals surface area contributed by atoms with E-state index in [4.69, 9.17) is 23.2 Å². The summed E-state index contributed by atoms with van der Waals surface area (Å²) in [4.78, 5) is 22.6. The molecule has 0 radical (unpaired) electrons. The molecule has 0 saturated heterocycles. The van der Waals surface area contributed by atoms with Gasteiger partial charge in [0.15, 0.2) is 0 Å². The van der Waals surface area contributed by atoms with Gasteiger partial charge < -0.3 is 5.32 Å². The number of sulfonamides is 1. The average Bonchev–Trinajstić information content (AvgIpc) is 2.56. The van der Waals surface area contributed by atoms with Gasteiger partial charge in [0.25, 0.3) is 5.69 Å². The number of rotatable bonds is 6. The molecule has 0 fully saturated rings. The summed E-state index contributed by atoms with van der Waals surface area (Å²) in [6.07, 6.45) is 0.959. The van der Waals surface area contributed by atoms with Gasteiger partial charge in [0.05, 0.1) is 27.6 Å². The van der Waals surface area contributed by atoms with Crippen LogP contribution in [0, 0.1) is 17.0 Å². The molecule has 11 heteroatoms. The van der Waals surface area contributed by atoms with E-state index < -0.39 is 27.4 Å². The minimum Gasteiger partial charge on any atom is -0.323 e. The molecule has 0 saturated carbocycles. The van der Waals surface area contributed by atoms with Crippen molar-refractivity contribution in [2.24, 2.45) is 0 Å².